The highest BCUT2D eigenvalue weighted by atomic mass is 32.2. The van der Waals surface area contributed by atoms with Crippen molar-refractivity contribution in [2.45, 2.75) is 111 Å². The fourth-order valence-corrected chi connectivity index (χ4v) is 9.24. The van der Waals surface area contributed by atoms with E-state index in [0.29, 0.717) is 18.5 Å². The Morgan fingerprint density at radius 3 is 2.06 bits per heavy atom. The van der Waals surface area contributed by atoms with Gasteiger partial charge in [-0.05, 0) is 46.0 Å². The molecule has 3 aliphatic rings. The molecule has 2 aliphatic carbocycles. The first-order valence-corrected chi connectivity index (χ1v) is 19.1. The lowest BCUT2D eigenvalue weighted by molar-refractivity contribution is -0.145. The molecule has 2 saturated carbocycles. The number of sulfone groups is 1. The second-order valence-corrected chi connectivity index (χ2v) is 19.2. The van der Waals surface area contributed by atoms with E-state index in [0.717, 1.165) is 19.3 Å². The van der Waals surface area contributed by atoms with Crippen LogP contribution in [0.25, 0.3) is 0 Å². The number of hydrogen-bond donors (Lipinski definition) is 4. The second kappa shape index (κ2) is 14.0. The van der Waals surface area contributed by atoms with Gasteiger partial charge in [0, 0.05) is 12.6 Å². The number of carbonyl (C=O) groups is 5. The first-order chi connectivity index (χ1) is 22.5. The molecule has 13 heteroatoms. The number of fused-ring (bicyclic) bond motifs is 1. The van der Waals surface area contributed by atoms with Crippen LogP contribution in [0.5, 0.6) is 0 Å². The maximum atomic E-state index is 14.4. The standard InChI is InChI=1S/C36H55N5O7S/c1-34(2,3)25(20-49(47,48)19-22-13-10-9-11-14-22)39-33(46)40-29(35(4,5)6)32(45)41-18-23-26(36(23,7)8)27(41)31(44)38-24(28(42)30(37)43)17-21-15-12-16-21/h9-11,13-14,21,23-27,29H,12,15-20H2,1-8H3,(H2,37,43)(H,38,44)(H2,39,40,46)/t23-,24?,25?,26?,27-,29+/m0/s1. The number of urea groups is 1. The van der Waals surface area contributed by atoms with E-state index in [1.165, 1.54) is 4.90 Å². The summed E-state index contributed by atoms with van der Waals surface area (Å²) in [6.07, 6.45) is 3.14. The Bertz CT molecular complexity index is 1540. The lowest BCUT2D eigenvalue weighted by Crippen LogP contribution is -2.62. The molecule has 1 aliphatic heterocycles. The summed E-state index contributed by atoms with van der Waals surface area (Å²) in [7, 11) is -3.62. The predicted molar refractivity (Wildman–Crippen MR) is 186 cm³/mol. The Balaban J connectivity index is 1.52. The average Bonchev–Trinajstić information content (AvgIpc) is 3.26. The second-order valence-electron chi connectivity index (χ2n) is 17.1. The molecule has 0 aromatic heterocycles. The van der Waals surface area contributed by atoms with Crippen molar-refractivity contribution in [2.24, 2.45) is 39.7 Å². The molecule has 5 amide bonds. The predicted octanol–water partition coefficient (Wildman–Crippen LogP) is 2.94. The summed E-state index contributed by atoms with van der Waals surface area (Å²) in [5, 5.41) is 8.42. The van der Waals surface area contributed by atoms with Gasteiger partial charge in [-0.3, -0.25) is 19.2 Å². The molecule has 0 spiro atoms. The molecule has 0 bridgehead atoms. The number of ketones is 1. The van der Waals surface area contributed by atoms with Gasteiger partial charge in [0.15, 0.2) is 9.84 Å². The third kappa shape index (κ3) is 9.01. The number of benzene rings is 1. The molecule has 0 radical (unpaired) electrons. The van der Waals surface area contributed by atoms with Gasteiger partial charge < -0.3 is 26.6 Å². The highest BCUT2D eigenvalue weighted by Crippen LogP contribution is 2.65. The summed E-state index contributed by atoms with van der Waals surface area (Å²) in [5.74, 6) is -3.32. The van der Waals surface area contributed by atoms with E-state index in [1.54, 1.807) is 45.0 Å². The van der Waals surface area contributed by atoms with Crippen LogP contribution in [0, 0.1) is 34.0 Å². The maximum Gasteiger partial charge on any atom is 0.315 e. The first-order valence-electron chi connectivity index (χ1n) is 17.3. The molecule has 1 aromatic carbocycles. The van der Waals surface area contributed by atoms with Crippen molar-refractivity contribution >= 4 is 39.4 Å². The molecule has 4 rings (SSSR count). The van der Waals surface area contributed by atoms with Crippen molar-refractivity contribution in [3.8, 4) is 0 Å². The van der Waals surface area contributed by atoms with E-state index in [1.807, 2.05) is 40.7 Å². The first kappa shape index (κ1) is 38.3. The van der Waals surface area contributed by atoms with E-state index < -0.39 is 74.4 Å². The molecule has 272 valence electrons. The van der Waals surface area contributed by atoms with E-state index in [2.05, 4.69) is 16.0 Å². The zero-order chi connectivity index (χ0) is 36.7. The number of likely N-dealkylation sites (tertiary alicyclic amines) is 1. The molecule has 3 unspecified atom stereocenters. The summed E-state index contributed by atoms with van der Waals surface area (Å²) in [4.78, 5) is 68.0. The van der Waals surface area contributed by atoms with Crippen LogP contribution in [0.1, 0.15) is 86.6 Å². The van der Waals surface area contributed by atoms with Gasteiger partial charge >= 0.3 is 6.03 Å². The Morgan fingerprint density at radius 2 is 1.55 bits per heavy atom. The minimum Gasteiger partial charge on any atom is -0.363 e. The number of hydrogen-bond acceptors (Lipinski definition) is 7. The topological polar surface area (TPSA) is 185 Å². The fourth-order valence-electron chi connectivity index (χ4n) is 7.33. The molecule has 1 heterocycles. The van der Waals surface area contributed by atoms with Crippen LogP contribution in [-0.4, -0.2) is 79.3 Å². The lowest BCUT2D eigenvalue weighted by Gasteiger charge is -2.39. The van der Waals surface area contributed by atoms with Gasteiger partial charge in [0.25, 0.3) is 5.91 Å². The molecular weight excluding hydrogens is 646 g/mol. The normalized spacial score (nSPS) is 23.7. The zero-order valence-electron chi connectivity index (χ0n) is 30.2. The number of nitrogens with two attached hydrogens (primary N) is 1. The van der Waals surface area contributed by atoms with E-state index in [4.69, 9.17) is 5.73 Å². The molecule has 1 aromatic rings. The van der Waals surface area contributed by atoms with Crippen molar-refractivity contribution in [2.75, 3.05) is 12.3 Å². The Hall–Kier alpha value is -3.48. The molecule has 12 nitrogen and oxygen atoms in total. The molecular formula is C36H55N5O7S. The van der Waals surface area contributed by atoms with Crippen molar-refractivity contribution in [1.29, 1.82) is 0 Å². The van der Waals surface area contributed by atoms with Gasteiger partial charge in [0.05, 0.1) is 17.5 Å². The Kier molecular flexibility index (Phi) is 11.0. The monoisotopic (exact) mass is 701 g/mol. The Labute approximate surface area is 291 Å². The van der Waals surface area contributed by atoms with Crippen LogP contribution in [0.3, 0.4) is 0 Å². The van der Waals surface area contributed by atoms with Crippen LogP contribution in [0.4, 0.5) is 4.79 Å². The summed E-state index contributed by atoms with van der Waals surface area (Å²) in [6, 6.07) is 4.33. The van der Waals surface area contributed by atoms with Gasteiger partial charge in [-0.25, -0.2) is 13.2 Å². The highest BCUT2D eigenvalue weighted by Gasteiger charge is 2.70. The van der Waals surface area contributed by atoms with Crippen molar-refractivity contribution in [3.63, 3.8) is 0 Å². The number of piperidine rings is 1. The molecule has 49 heavy (non-hydrogen) atoms. The van der Waals surface area contributed by atoms with Gasteiger partial charge in [-0.15, -0.1) is 0 Å². The molecule has 6 atom stereocenters. The number of rotatable bonds is 13. The minimum absolute atomic E-state index is 0.0404. The average molecular weight is 702 g/mol. The van der Waals surface area contributed by atoms with Crippen LogP contribution >= 0.6 is 0 Å². The third-order valence-corrected chi connectivity index (χ3v) is 12.4. The van der Waals surface area contributed by atoms with Gasteiger partial charge in [0.1, 0.15) is 12.1 Å². The maximum absolute atomic E-state index is 14.4. The SMILES string of the molecule is CC(C)(C)C(CS(=O)(=O)Cc1ccccc1)NC(=O)N[C@H](C(=O)N1C[C@H]2C([C@H]1C(=O)NC(CC1CCC1)C(=O)C(N)=O)C2(C)C)C(C)(C)C. The van der Waals surface area contributed by atoms with Gasteiger partial charge in [-0.1, -0.05) is 105 Å². The number of Topliss-reactive ketones (excluding diaryl/α,β-unsaturated/α-hetero) is 1. The molecule has 1 saturated heterocycles. The van der Waals surface area contributed by atoms with Crippen molar-refractivity contribution in [3.05, 3.63) is 35.9 Å². The summed E-state index contributed by atoms with van der Waals surface area (Å²) in [5.41, 5.74) is 4.34. The third-order valence-electron chi connectivity index (χ3n) is 10.8. The van der Waals surface area contributed by atoms with Crippen LogP contribution in [0.15, 0.2) is 30.3 Å². The van der Waals surface area contributed by atoms with Crippen molar-refractivity contribution in [1.82, 2.24) is 20.9 Å². The molecule has 5 N–H and O–H groups in total. The number of nitrogens with zero attached hydrogens (tertiary/aromatic N) is 1. The van der Waals surface area contributed by atoms with Crippen LogP contribution < -0.4 is 21.7 Å². The lowest BCUT2D eigenvalue weighted by atomic mass is 9.80. The van der Waals surface area contributed by atoms with E-state index in [9.17, 15) is 32.4 Å². The zero-order valence-corrected chi connectivity index (χ0v) is 31.0. The van der Waals surface area contributed by atoms with E-state index in [-0.39, 0.29) is 34.7 Å². The quantitative estimate of drug-likeness (QED) is 0.228. The largest absolute Gasteiger partial charge is 0.363 e. The van der Waals surface area contributed by atoms with Crippen molar-refractivity contribution < 1.29 is 32.4 Å². The minimum atomic E-state index is -3.62. The summed E-state index contributed by atoms with van der Waals surface area (Å²) < 4.78 is 26.4. The van der Waals surface area contributed by atoms with Crippen LogP contribution in [-0.2, 0) is 34.8 Å². The smallest absolute Gasteiger partial charge is 0.315 e. The van der Waals surface area contributed by atoms with E-state index >= 15 is 0 Å². The van der Waals surface area contributed by atoms with Crippen LogP contribution in [0.2, 0.25) is 0 Å². The highest BCUT2D eigenvalue weighted by molar-refractivity contribution is 7.90. The summed E-state index contributed by atoms with van der Waals surface area (Å²) >= 11 is 0. The number of carbonyl (C=O) groups excluding carboxylic acids is 5. The number of nitrogens with one attached hydrogen (secondary N) is 3. The number of primary amides is 1. The number of amides is 5. The van der Waals surface area contributed by atoms with Gasteiger partial charge in [0.2, 0.25) is 17.6 Å². The summed E-state index contributed by atoms with van der Waals surface area (Å²) in [6.45, 7) is 15.3. The fraction of sp³-hybridized carbons (Fsp3) is 0.694. The molecule has 3 fully saturated rings. The van der Waals surface area contributed by atoms with Gasteiger partial charge in [-0.2, -0.15) is 0 Å². The Morgan fingerprint density at radius 1 is 0.939 bits per heavy atom.